The van der Waals surface area contributed by atoms with Gasteiger partial charge in [0.1, 0.15) is 11.5 Å². The highest BCUT2D eigenvalue weighted by Gasteiger charge is 2.27. The summed E-state index contributed by atoms with van der Waals surface area (Å²) < 4.78 is 69.7. The van der Waals surface area contributed by atoms with Gasteiger partial charge in [-0.25, -0.2) is 13.2 Å². The third-order valence-corrected chi connectivity index (χ3v) is 2.21. The maximum atomic E-state index is 13.3. The Bertz CT molecular complexity index is 613. The zero-order valence-electron chi connectivity index (χ0n) is 9.05. The first-order chi connectivity index (χ1) is 8.91. The summed E-state index contributed by atoms with van der Waals surface area (Å²) in [6, 6.07) is 4.65. The molecule has 100 valence electrons. The van der Waals surface area contributed by atoms with E-state index in [1.54, 1.807) is 0 Å². The molecule has 2 nitrogen and oxygen atoms in total. The molecule has 2 aromatic carbocycles. The fraction of sp³-hybridized carbons (Fsp3) is 0. The van der Waals surface area contributed by atoms with Crippen molar-refractivity contribution in [2.24, 2.45) is 0 Å². The van der Waals surface area contributed by atoms with Gasteiger partial charge in [0.2, 0.25) is 34.8 Å². The normalized spacial score (nSPS) is 10.6. The van der Waals surface area contributed by atoms with Crippen LogP contribution in [-0.2, 0) is 0 Å². The van der Waals surface area contributed by atoms with Gasteiger partial charge in [-0.15, -0.1) is 0 Å². The standard InChI is InChI=1S/C12H5F5O2/c13-7-8(14)10(16)12(11(17)9(7)15)19-6-3-1-2-5(18)4-6/h1-4,18H. The van der Waals surface area contributed by atoms with Crippen LogP contribution >= 0.6 is 0 Å². The highest BCUT2D eigenvalue weighted by molar-refractivity contribution is 5.38. The van der Waals surface area contributed by atoms with Gasteiger partial charge in [0, 0.05) is 6.07 Å². The fourth-order valence-corrected chi connectivity index (χ4v) is 1.34. The molecule has 0 fully saturated rings. The molecule has 0 aromatic heterocycles. The zero-order chi connectivity index (χ0) is 14.2. The Balaban J connectivity index is 2.52. The second-order valence-corrected chi connectivity index (χ2v) is 3.50. The number of phenolic OH excluding ortho intramolecular Hbond substituents is 1. The molecule has 0 aliphatic rings. The predicted molar refractivity (Wildman–Crippen MR) is 54.4 cm³/mol. The van der Waals surface area contributed by atoms with Crippen molar-refractivity contribution >= 4 is 0 Å². The monoisotopic (exact) mass is 276 g/mol. The summed E-state index contributed by atoms with van der Waals surface area (Å²) in [5, 5.41) is 9.11. The molecule has 0 saturated carbocycles. The Hall–Kier alpha value is -2.31. The molecule has 2 rings (SSSR count). The molecule has 0 unspecified atom stereocenters. The minimum absolute atomic E-state index is 0.275. The minimum Gasteiger partial charge on any atom is -0.508 e. The molecule has 0 spiro atoms. The summed E-state index contributed by atoms with van der Waals surface area (Å²) in [5.74, 6) is -12.6. The maximum Gasteiger partial charge on any atom is 0.207 e. The molecule has 1 N–H and O–H groups in total. The maximum absolute atomic E-state index is 13.3. The van der Waals surface area contributed by atoms with E-state index in [1.807, 2.05) is 0 Å². The van der Waals surface area contributed by atoms with Gasteiger partial charge in [-0.1, -0.05) is 6.07 Å². The lowest BCUT2D eigenvalue weighted by atomic mass is 10.2. The number of hydrogen-bond donors (Lipinski definition) is 1. The summed E-state index contributed by atoms with van der Waals surface area (Å²) in [7, 11) is 0. The Morgan fingerprint density at radius 1 is 0.789 bits per heavy atom. The number of rotatable bonds is 2. The van der Waals surface area contributed by atoms with E-state index in [9.17, 15) is 22.0 Å². The van der Waals surface area contributed by atoms with Crippen LogP contribution in [0.5, 0.6) is 17.2 Å². The molecule has 0 bridgehead atoms. The predicted octanol–water partition coefficient (Wildman–Crippen LogP) is 3.88. The van der Waals surface area contributed by atoms with E-state index in [2.05, 4.69) is 4.74 Å². The second-order valence-electron chi connectivity index (χ2n) is 3.50. The fourth-order valence-electron chi connectivity index (χ4n) is 1.34. The summed E-state index contributed by atoms with van der Waals surface area (Å²) in [5.41, 5.74) is 0. The second kappa shape index (κ2) is 4.75. The summed E-state index contributed by atoms with van der Waals surface area (Å²) in [6.07, 6.45) is 0. The molecule has 0 amide bonds. The van der Waals surface area contributed by atoms with Gasteiger partial charge in [-0.05, 0) is 12.1 Å². The Morgan fingerprint density at radius 3 is 1.84 bits per heavy atom. The van der Waals surface area contributed by atoms with Gasteiger partial charge in [-0.2, -0.15) is 8.78 Å². The van der Waals surface area contributed by atoms with Crippen LogP contribution in [0, 0.1) is 29.1 Å². The SMILES string of the molecule is Oc1cccc(Oc2c(F)c(F)c(F)c(F)c2F)c1. The van der Waals surface area contributed by atoms with Crippen molar-refractivity contribution in [3.05, 3.63) is 53.4 Å². The molecule has 7 heteroatoms. The quantitative estimate of drug-likeness (QED) is 0.512. The molecule has 0 aliphatic carbocycles. The van der Waals surface area contributed by atoms with E-state index >= 15 is 0 Å². The van der Waals surface area contributed by atoms with Crippen molar-refractivity contribution in [1.82, 2.24) is 0 Å². The van der Waals surface area contributed by atoms with Gasteiger partial charge in [-0.3, -0.25) is 0 Å². The zero-order valence-corrected chi connectivity index (χ0v) is 9.05. The average Bonchev–Trinajstić information content (AvgIpc) is 2.39. The summed E-state index contributed by atoms with van der Waals surface area (Å²) in [4.78, 5) is 0. The molecule has 0 saturated heterocycles. The molecular formula is C12H5F5O2. The largest absolute Gasteiger partial charge is 0.508 e. The molecule has 0 aliphatic heterocycles. The van der Waals surface area contributed by atoms with E-state index in [-0.39, 0.29) is 11.5 Å². The van der Waals surface area contributed by atoms with Gasteiger partial charge in [0.25, 0.3) is 0 Å². The van der Waals surface area contributed by atoms with Gasteiger partial charge in [0.15, 0.2) is 0 Å². The van der Waals surface area contributed by atoms with Crippen molar-refractivity contribution in [2.75, 3.05) is 0 Å². The van der Waals surface area contributed by atoms with E-state index in [1.165, 1.54) is 18.2 Å². The van der Waals surface area contributed by atoms with Crippen LogP contribution in [0.15, 0.2) is 24.3 Å². The van der Waals surface area contributed by atoms with Crippen LogP contribution < -0.4 is 4.74 Å². The Labute approximate surface area is 103 Å². The van der Waals surface area contributed by atoms with Crippen molar-refractivity contribution in [3.63, 3.8) is 0 Å². The van der Waals surface area contributed by atoms with E-state index in [0.29, 0.717) is 0 Å². The molecule has 0 heterocycles. The first-order valence-electron chi connectivity index (χ1n) is 4.90. The van der Waals surface area contributed by atoms with Gasteiger partial charge < -0.3 is 9.84 Å². The van der Waals surface area contributed by atoms with Crippen LogP contribution in [0.3, 0.4) is 0 Å². The molecule has 19 heavy (non-hydrogen) atoms. The average molecular weight is 276 g/mol. The van der Waals surface area contributed by atoms with E-state index in [0.717, 1.165) is 6.07 Å². The third kappa shape index (κ3) is 2.31. The molecular weight excluding hydrogens is 271 g/mol. The number of aromatic hydroxyl groups is 1. The highest BCUT2D eigenvalue weighted by Crippen LogP contribution is 2.33. The topological polar surface area (TPSA) is 29.5 Å². The van der Waals surface area contributed by atoms with Gasteiger partial charge in [0.05, 0.1) is 0 Å². The number of phenols is 1. The Kier molecular flexibility index (Phi) is 3.28. The molecule has 2 aromatic rings. The lowest BCUT2D eigenvalue weighted by Gasteiger charge is -2.09. The van der Waals surface area contributed by atoms with Gasteiger partial charge >= 0.3 is 0 Å². The summed E-state index contributed by atoms with van der Waals surface area (Å²) in [6.45, 7) is 0. The number of benzene rings is 2. The number of ether oxygens (including phenoxy) is 1. The van der Waals surface area contributed by atoms with Crippen molar-refractivity contribution in [3.8, 4) is 17.2 Å². The highest BCUT2D eigenvalue weighted by atomic mass is 19.2. The van der Waals surface area contributed by atoms with Crippen LogP contribution in [-0.4, -0.2) is 5.11 Å². The minimum atomic E-state index is -2.27. The molecule has 0 radical (unpaired) electrons. The van der Waals surface area contributed by atoms with E-state index < -0.39 is 34.8 Å². The summed E-state index contributed by atoms with van der Waals surface area (Å²) >= 11 is 0. The van der Waals surface area contributed by atoms with Crippen molar-refractivity contribution < 1.29 is 31.8 Å². The van der Waals surface area contributed by atoms with Crippen LogP contribution in [0.2, 0.25) is 0 Å². The number of halogens is 5. The third-order valence-electron chi connectivity index (χ3n) is 2.21. The van der Waals surface area contributed by atoms with Crippen LogP contribution in [0.1, 0.15) is 0 Å². The lowest BCUT2D eigenvalue weighted by Crippen LogP contribution is -2.04. The Morgan fingerprint density at radius 2 is 1.32 bits per heavy atom. The number of hydrogen-bond acceptors (Lipinski definition) is 2. The molecule has 0 atom stereocenters. The first kappa shape index (κ1) is 13.1. The van der Waals surface area contributed by atoms with E-state index in [4.69, 9.17) is 5.11 Å². The van der Waals surface area contributed by atoms with Crippen LogP contribution in [0.25, 0.3) is 0 Å². The van der Waals surface area contributed by atoms with Crippen LogP contribution in [0.4, 0.5) is 22.0 Å². The van der Waals surface area contributed by atoms with Crippen molar-refractivity contribution in [1.29, 1.82) is 0 Å². The van der Waals surface area contributed by atoms with Crippen molar-refractivity contribution in [2.45, 2.75) is 0 Å². The smallest absolute Gasteiger partial charge is 0.207 e. The first-order valence-corrected chi connectivity index (χ1v) is 4.90. The lowest BCUT2D eigenvalue weighted by molar-refractivity contribution is 0.331.